The first kappa shape index (κ1) is 18.4. The summed E-state index contributed by atoms with van der Waals surface area (Å²) in [6, 6.07) is 9.97. The van der Waals surface area contributed by atoms with E-state index in [2.05, 4.69) is 10.5 Å². The average Bonchev–Trinajstić information content (AvgIpc) is 3.29. The molecule has 2 aromatic heterocycles. The number of hydrogen-bond acceptors (Lipinski definition) is 6. The molecule has 3 aromatic rings. The Morgan fingerprint density at radius 2 is 2.08 bits per heavy atom. The van der Waals surface area contributed by atoms with Gasteiger partial charge in [-0.15, -0.1) is 11.3 Å². The molecule has 0 aliphatic heterocycles. The first-order valence-corrected chi connectivity index (χ1v) is 9.05. The Morgan fingerprint density at radius 3 is 2.81 bits per heavy atom. The molecule has 0 bridgehead atoms. The lowest BCUT2D eigenvalue weighted by Crippen LogP contribution is -2.30. The second kappa shape index (κ2) is 8.35. The third-order valence-corrected chi connectivity index (χ3v) is 4.71. The second-order valence-corrected chi connectivity index (χ2v) is 6.92. The van der Waals surface area contributed by atoms with Crippen molar-refractivity contribution in [2.24, 2.45) is 0 Å². The first-order valence-electron chi connectivity index (χ1n) is 7.41. The molecule has 0 saturated carbocycles. The highest BCUT2D eigenvalue weighted by molar-refractivity contribution is 7.13. The van der Waals surface area contributed by atoms with E-state index < -0.39 is 11.9 Å². The number of benzene rings is 1. The van der Waals surface area contributed by atoms with E-state index in [4.69, 9.17) is 32.5 Å². The molecule has 0 atom stereocenters. The van der Waals surface area contributed by atoms with E-state index in [9.17, 15) is 9.59 Å². The fourth-order valence-corrected chi connectivity index (χ4v) is 3.21. The molecular formula is C17H12Cl2N2O4S. The Morgan fingerprint density at radius 1 is 1.23 bits per heavy atom. The standard InChI is InChI=1S/C17H12Cl2N2O4S/c18-10-3-4-12(13(19)6-10)17(23)20-8-16(22)24-9-11-7-14(25-21-11)15-2-1-5-26-15/h1-7H,8-9H2,(H,20,23). The maximum Gasteiger partial charge on any atom is 0.325 e. The van der Waals surface area contributed by atoms with Gasteiger partial charge in [0.05, 0.1) is 15.5 Å². The lowest BCUT2D eigenvalue weighted by molar-refractivity contribution is -0.143. The molecule has 1 aromatic carbocycles. The summed E-state index contributed by atoms with van der Waals surface area (Å²) in [5.41, 5.74) is 0.703. The van der Waals surface area contributed by atoms with Gasteiger partial charge in [0.2, 0.25) is 0 Å². The molecule has 6 nitrogen and oxygen atoms in total. The predicted molar refractivity (Wildman–Crippen MR) is 98.4 cm³/mol. The quantitative estimate of drug-likeness (QED) is 0.616. The van der Waals surface area contributed by atoms with Gasteiger partial charge >= 0.3 is 5.97 Å². The number of hydrogen-bond donors (Lipinski definition) is 1. The Balaban J connectivity index is 1.48. The van der Waals surface area contributed by atoms with E-state index in [1.54, 1.807) is 6.07 Å². The van der Waals surface area contributed by atoms with E-state index in [0.717, 1.165) is 4.88 Å². The molecule has 1 amide bonds. The van der Waals surface area contributed by atoms with Crippen molar-refractivity contribution < 1.29 is 18.8 Å². The molecule has 0 fully saturated rings. The summed E-state index contributed by atoms with van der Waals surface area (Å²) < 4.78 is 10.3. The number of nitrogens with one attached hydrogen (secondary N) is 1. The number of amides is 1. The lowest BCUT2D eigenvalue weighted by atomic mass is 10.2. The summed E-state index contributed by atoms with van der Waals surface area (Å²) in [5.74, 6) is -0.495. The van der Waals surface area contributed by atoms with E-state index >= 15 is 0 Å². The Hall–Kier alpha value is -2.35. The average molecular weight is 411 g/mol. The highest BCUT2D eigenvalue weighted by atomic mass is 35.5. The number of thiophene rings is 1. The largest absolute Gasteiger partial charge is 0.458 e. The van der Waals surface area contributed by atoms with Crippen molar-refractivity contribution in [3.05, 3.63) is 63.1 Å². The van der Waals surface area contributed by atoms with Gasteiger partial charge in [-0.1, -0.05) is 34.4 Å². The van der Waals surface area contributed by atoms with Crippen molar-refractivity contribution in [1.82, 2.24) is 10.5 Å². The van der Waals surface area contributed by atoms with Crippen LogP contribution in [0.5, 0.6) is 0 Å². The molecule has 0 radical (unpaired) electrons. The molecule has 0 unspecified atom stereocenters. The molecule has 0 aliphatic rings. The third-order valence-electron chi connectivity index (χ3n) is 3.27. The zero-order valence-electron chi connectivity index (χ0n) is 13.2. The summed E-state index contributed by atoms with van der Waals surface area (Å²) >= 11 is 13.2. The molecule has 9 heteroatoms. The molecule has 0 aliphatic carbocycles. The lowest BCUT2D eigenvalue weighted by Gasteiger charge is -2.07. The fourth-order valence-electron chi connectivity index (χ4n) is 2.04. The van der Waals surface area contributed by atoms with Crippen LogP contribution in [0.15, 0.2) is 46.3 Å². The van der Waals surface area contributed by atoms with Crippen LogP contribution in [0.4, 0.5) is 0 Å². The number of ether oxygens (including phenoxy) is 1. The van der Waals surface area contributed by atoms with Crippen LogP contribution in [0, 0.1) is 0 Å². The number of nitrogens with zero attached hydrogens (tertiary/aromatic N) is 1. The summed E-state index contributed by atoms with van der Waals surface area (Å²) in [6.45, 7) is -0.349. The first-order chi connectivity index (χ1) is 12.5. The number of esters is 1. The van der Waals surface area contributed by atoms with Gasteiger partial charge in [0.25, 0.3) is 5.91 Å². The van der Waals surface area contributed by atoms with Crippen LogP contribution in [0.25, 0.3) is 10.6 Å². The summed E-state index contributed by atoms with van der Waals surface area (Å²) in [7, 11) is 0. The van der Waals surface area contributed by atoms with Crippen LogP contribution in [0.1, 0.15) is 16.1 Å². The van der Waals surface area contributed by atoms with Crippen molar-refractivity contribution in [3.8, 4) is 10.6 Å². The number of carbonyl (C=O) groups is 2. The van der Waals surface area contributed by atoms with Crippen LogP contribution in [-0.2, 0) is 16.1 Å². The highest BCUT2D eigenvalue weighted by Crippen LogP contribution is 2.25. The van der Waals surface area contributed by atoms with Crippen LogP contribution in [-0.4, -0.2) is 23.6 Å². The minimum atomic E-state index is -0.607. The molecule has 0 spiro atoms. The zero-order valence-corrected chi connectivity index (χ0v) is 15.5. The molecule has 134 valence electrons. The zero-order chi connectivity index (χ0) is 18.5. The van der Waals surface area contributed by atoms with Crippen molar-refractivity contribution in [2.45, 2.75) is 6.61 Å². The molecule has 26 heavy (non-hydrogen) atoms. The topological polar surface area (TPSA) is 81.4 Å². The van der Waals surface area contributed by atoms with Crippen LogP contribution < -0.4 is 5.32 Å². The van der Waals surface area contributed by atoms with E-state index in [1.807, 2.05) is 17.5 Å². The van der Waals surface area contributed by atoms with Crippen LogP contribution in [0.2, 0.25) is 10.0 Å². The second-order valence-electron chi connectivity index (χ2n) is 5.13. The van der Waals surface area contributed by atoms with E-state index in [0.29, 0.717) is 16.5 Å². The van der Waals surface area contributed by atoms with Crippen molar-refractivity contribution >= 4 is 46.4 Å². The smallest absolute Gasteiger partial charge is 0.325 e. The highest BCUT2D eigenvalue weighted by Gasteiger charge is 2.14. The van der Waals surface area contributed by atoms with Crippen LogP contribution in [0.3, 0.4) is 0 Å². The number of aromatic nitrogens is 1. The summed E-state index contributed by atoms with van der Waals surface area (Å²) in [4.78, 5) is 24.7. The van der Waals surface area contributed by atoms with Gasteiger partial charge in [-0.3, -0.25) is 9.59 Å². The maximum absolute atomic E-state index is 12.0. The van der Waals surface area contributed by atoms with Gasteiger partial charge in [0.15, 0.2) is 5.76 Å². The predicted octanol–water partition coefficient (Wildman–Crippen LogP) is 4.18. The minimum absolute atomic E-state index is 0.0503. The van der Waals surface area contributed by atoms with E-state index in [1.165, 1.54) is 29.5 Å². The molecule has 2 heterocycles. The molecule has 3 rings (SSSR count). The maximum atomic E-state index is 12.0. The van der Waals surface area contributed by atoms with Gasteiger partial charge < -0.3 is 14.6 Å². The van der Waals surface area contributed by atoms with Gasteiger partial charge in [-0.25, -0.2) is 0 Å². The molecule has 1 N–H and O–H groups in total. The van der Waals surface area contributed by atoms with Crippen molar-refractivity contribution in [3.63, 3.8) is 0 Å². The number of rotatable bonds is 6. The van der Waals surface area contributed by atoms with Gasteiger partial charge in [0.1, 0.15) is 18.8 Å². The molecule has 0 saturated heterocycles. The summed E-state index contributed by atoms with van der Waals surface area (Å²) in [5, 5.41) is 8.83. The normalized spacial score (nSPS) is 10.5. The third kappa shape index (κ3) is 4.63. The minimum Gasteiger partial charge on any atom is -0.458 e. The monoisotopic (exact) mass is 410 g/mol. The van der Waals surface area contributed by atoms with Crippen molar-refractivity contribution in [1.29, 1.82) is 0 Å². The number of carbonyl (C=O) groups excluding carboxylic acids is 2. The van der Waals surface area contributed by atoms with Crippen LogP contribution >= 0.6 is 34.5 Å². The Bertz CT molecular complexity index is 925. The molecular weight excluding hydrogens is 399 g/mol. The van der Waals surface area contributed by atoms with Gasteiger partial charge in [-0.2, -0.15) is 0 Å². The van der Waals surface area contributed by atoms with Crippen molar-refractivity contribution in [2.75, 3.05) is 6.54 Å². The number of halogens is 2. The van der Waals surface area contributed by atoms with Gasteiger partial charge in [-0.05, 0) is 29.6 Å². The van der Waals surface area contributed by atoms with E-state index in [-0.39, 0.29) is 23.7 Å². The van der Waals surface area contributed by atoms with Gasteiger partial charge in [0, 0.05) is 11.1 Å². The Kier molecular flexibility index (Phi) is 5.92. The fraction of sp³-hybridized carbons (Fsp3) is 0.118. The SMILES string of the molecule is O=C(CNC(=O)c1ccc(Cl)cc1Cl)OCc1cc(-c2cccs2)on1. The summed E-state index contributed by atoms with van der Waals surface area (Å²) in [6.07, 6.45) is 0. The Labute approximate surface area is 162 Å².